The molecule has 0 unspecified atom stereocenters. The predicted octanol–water partition coefficient (Wildman–Crippen LogP) is 3.93. The van der Waals surface area contributed by atoms with Crippen molar-refractivity contribution in [1.82, 2.24) is 9.80 Å². The molecule has 2 aliphatic rings. The van der Waals surface area contributed by atoms with Crippen molar-refractivity contribution < 1.29 is 4.79 Å². The van der Waals surface area contributed by atoms with E-state index in [1.165, 1.54) is 61.4 Å². The van der Waals surface area contributed by atoms with Crippen molar-refractivity contribution in [2.24, 2.45) is 5.41 Å². The van der Waals surface area contributed by atoms with Crippen LogP contribution in [0.25, 0.3) is 0 Å². The summed E-state index contributed by atoms with van der Waals surface area (Å²) in [5.41, 5.74) is 0.367. The molecule has 1 amide bonds. The van der Waals surface area contributed by atoms with Gasteiger partial charge in [0.2, 0.25) is 5.91 Å². The molecule has 0 saturated carbocycles. The topological polar surface area (TPSA) is 23.6 Å². The summed E-state index contributed by atoms with van der Waals surface area (Å²) in [6.07, 6.45) is 7.56. The lowest BCUT2D eigenvalue weighted by Crippen LogP contribution is -2.44. The second-order valence-corrected chi connectivity index (χ2v) is 8.73. The van der Waals surface area contributed by atoms with Crippen LogP contribution in [0.4, 0.5) is 0 Å². The number of piperidine rings is 1. The summed E-state index contributed by atoms with van der Waals surface area (Å²) in [6, 6.07) is 4.65. The van der Waals surface area contributed by atoms with Crippen molar-refractivity contribution in [3.63, 3.8) is 0 Å². The molecule has 1 aromatic rings. The number of aryl methyl sites for hydroxylation is 1. The Bertz CT molecular complexity index is 541. The van der Waals surface area contributed by atoms with Gasteiger partial charge in [0.25, 0.3) is 0 Å². The van der Waals surface area contributed by atoms with Crippen molar-refractivity contribution in [2.75, 3.05) is 26.2 Å². The lowest BCUT2D eigenvalue weighted by Gasteiger charge is -2.40. The summed E-state index contributed by atoms with van der Waals surface area (Å²) in [5, 5.41) is 0. The highest BCUT2D eigenvalue weighted by Crippen LogP contribution is 2.39. The van der Waals surface area contributed by atoms with Crippen molar-refractivity contribution >= 4 is 17.2 Å². The molecule has 1 atom stereocenters. The number of carbonyl (C=O) groups is 1. The lowest BCUT2D eigenvalue weighted by molar-refractivity contribution is -0.128. The number of thiophene rings is 1. The van der Waals surface area contributed by atoms with E-state index in [9.17, 15) is 4.79 Å². The number of hydrogen-bond acceptors (Lipinski definition) is 3. The largest absolute Gasteiger partial charge is 0.342 e. The van der Waals surface area contributed by atoms with E-state index in [0.29, 0.717) is 5.41 Å². The molecule has 0 aromatic carbocycles. The molecule has 0 bridgehead atoms. The standard InChI is InChI=1S/C19H30N2OS/c1-3-4-6-17-7-8-18(23-17)13-20-11-5-9-19(14-20)10-12-21(15-19)16(2)22/h7-8H,3-6,9-15H2,1-2H3/t19-/m1/s1. The molecular weight excluding hydrogens is 304 g/mol. The number of likely N-dealkylation sites (tertiary alicyclic amines) is 2. The van der Waals surface area contributed by atoms with Crippen LogP contribution in [-0.4, -0.2) is 41.9 Å². The van der Waals surface area contributed by atoms with Crippen molar-refractivity contribution in [2.45, 2.75) is 58.9 Å². The Labute approximate surface area is 144 Å². The molecular formula is C19H30N2OS. The summed E-state index contributed by atoms with van der Waals surface area (Å²) in [7, 11) is 0. The van der Waals surface area contributed by atoms with Crippen molar-refractivity contribution in [1.29, 1.82) is 0 Å². The third kappa shape index (κ3) is 4.16. The molecule has 3 rings (SSSR count). The van der Waals surface area contributed by atoms with Crippen LogP contribution in [0, 0.1) is 5.41 Å². The Kier molecular flexibility index (Phi) is 5.42. The average Bonchev–Trinajstić information content (AvgIpc) is 3.13. The van der Waals surface area contributed by atoms with Gasteiger partial charge in [-0.3, -0.25) is 9.69 Å². The Morgan fingerprint density at radius 2 is 2.04 bits per heavy atom. The second-order valence-electron chi connectivity index (χ2n) is 7.48. The fourth-order valence-corrected chi connectivity index (χ4v) is 5.30. The second kappa shape index (κ2) is 7.35. The number of unbranched alkanes of at least 4 members (excludes halogenated alkanes) is 1. The van der Waals surface area contributed by atoms with Crippen molar-refractivity contribution in [3.8, 4) is 0 Å². The highest BCUT2D eigenvalue weighted by atomic mass is 32.1. The zero-order valence-corrected chi connectivity index (χ0v) is 15.5. The van der Waals surface area contributed by atoms with E-state index in [1.54, 1.807) is 6.92 Å². The summed E-state index contributed by atoms with van der Waals surface area (Å²) in [6.45, 7) is 9.38. The maximum atomic E-state index is 11.6. The maximum Gasteiger partial charge on any atom is 0.219 e. The summed E-state index contributed by atoms with van der Waals surface area (Å²) in [4.78, 5) is 19.4. The smallest absolute Gasteiger partial charge is 0.219 e. The number of rotatable bonds is 5. The SMILES string of the molecule is CCCCc1ccc(CN2CCC[C@@]3(CCN(C(C)=O)C3)C2)s1. The highest BCUT2D eigenvalue weighted by molar-refractivity contribution is 7.11. The predicted molar refractivity (Wildman–Crippen MR) is 96.7 cm³/mol. The van der Waals surface area contributed by atoms with Gasteiger partial charge in [0.05, 0.1) is 0 Å². The third-order valence-corrected chi connectivity index (χ3v) is 6.63. The summed E-state index contributed by atoms with van der Waals surface area (Å²) >= 11 is 2.00. The lowest BCUT2D eigenvalue weighted by atomic mass is 9.79. The molecule has 1 aromatic heterocycles. The number of nitrogens with zero attached hydrogens (tertiary/aromatic N) is 2. The summed E-state index contributed by atoms with van der Waals surface area (Å²) < 4.78 is 0. The minimum atomic E-state index is 0.248. The molecule has 0 aliphatic carbocycles. The number of amides is 1. The molecule has 2 fully saturated rings. The molecule has 3 heterocycles. The van der Waals surface area contributed by atoms with Crippen LogP contribution >= 0.6 is 11.3 Å². The van der Waals surface area contributed by atoms with Gasteiger partial charge in [0, 0.05) is 48.3 Å². The first-order valence-electron chi connectivity index (χ1n) is 9.16. The fraction of sp³-hybridized carbons (Fsp3) is 0.737. The van der Waals surface area contributed by atoms with Crippen LogP contribution in [0.2, 0.25) is 0 Å². The highest BCUT2D eigenvalue weighted by Gasteiger charge is 2.41. The Hall–Kier alpha value is -0.870. The van der Waals surface area contributed by atoms with Crippen molar-refractivity contribution in [3.05, 3.63) is 21.9 Å². The van der Waals surface area contributed by atoms with Crippen LogP contribution in [0.3, 0.4) is 0 Å². The van der Waals surface area contributed by atoms with Gasteiger partial charge >= 0.3 is 0 Å². The molecule has 1 spiro atoms. The molecule has 4 heteroatoms. The Morgan fingerprint density at radius 3 is 2.78 bits per heavy atom. The van der Waals surface area contributed by atoms with Gasteiger partial charge in [0.15, 0.2) is 0 Å². The van der Waals surface area contributed by atoms with E-state index < -0.39 is 0 Å². The zero-order valence-electron chi connectivity index (χ0n) is 14.6. The molecule has 2 saturated heterocycles. The zero-order chi connectivity index (χ0) is 16.3. The monoisotopic (exact) mass is 334 g/mol. The minimum Gasteiger partial charge on any atom is -0.342 e. The molecule has 0 N–H and O–H groups in total. The van der Waals surface area contributed by atoms with E-state index in [0.717, 1.165) is 19.6 Å². The van der Waals surface area contributed by atoms with E-state index >= 15 is 0 Å². The average molecular weight is 335 g/mol. The number of carbonyl (C=O) groups excluding carboxylic acids is 1. The first-order valence-corrected chi connectivity index (χ1v) is 9.97. The van der Waals surface area contributed by atoms with Crippen LogP contribution in [0.5, 0.6) is 0 Å². The van der Waals surface area contributed by atoms with Gasteiger partial charge < -0.3 is 4.90 Å². The fourth-order valence-electron chi connectivity index (χ4n) is 4.20. The first-order chi connectivity index (χ1) is 11.1. The molecule has 3 nitrogen and oxygen atoms in total. The Balaban J connectivity index is 1.57. The van der Waals surface area contributed by atoms with E-state index in [4.69, 9.17) is 0 Å². The van der Waals surface area contributed by atoms with E-state index in [1.807, 2.05) is 11.3 Å². The normalized spacial score (nSPS) is 25.4. The van der Waals surface area contributed by atoms with Crippen LogP contribution < -0.4 is 0 Å². The van der Waals surface area contributed by atoms with Gasteiger partial charge in [-0.25, -0.2) is 0 Å². The van der Waals surface area contributed by atoms with Crippen LogP contribution in [-0.2, 0) is 17.8 Å². The molecule has 23 heavy (non-hydrogen) atoms. The van der Waals surface area contributed by atoms with Crippen LogP contribution in [0.1, 0.15) is 55.7 Å². The van der Waals surface area contributed by atoms with Gasteiger partial charge in [-0.2, -0.15) is 0 Å². The van der Waals surface area contributed by atoms with Gasteiger partial charge in [-0.1, -0.05) is 13.3 Å². The summed E-state index contributed by atoms with van der Waals surface area (Å²) in [5.74, 6) is 0.248. The number of hydrogen-bond donors (Lipinski definition) is 0. The van der Waals surface area contributed by atoms with Gasteiger partial charge in [-0.05, 0) is 50.8 Å². The molecule has 2 aliphatic heterocycles. The molecule has 0 radical (unpaired) electrons. The van der Waals surface area contributed by atoms with Gasteiger partial charge in [-0.15, -0.1) is 11.3 Å². The van der Waals surface area contributed by atoms with E-state index in [-0.39, 0.29) is 5.91 Å². The first kappa shape index (κ1) is 17.0. The Morgan fingerprint density at radius 1 is 1.22 bits per heavy atom. The van der Waals surface area contributed by atoms with E-state index in [2.05, 4.69) is 28.9 Å². The quantitative estimate of drug-likeness (QED) is 0.815. The van der Waals surface area contributed by atoms with Gasteiger partial charge in [0.1, 0.15) is 0 Å². The van der Waals surface area contributed by atoms with Crippen LogP contribution in [0.15, 0.2) is 12.1 Å². The molecule has 128 valence electrons. The third-order valence-electron chi connectivity index (χ3n) is 5.50. The minimum absolute atomic E-state index is 0.248. The maximum absolute atomic E-state index is 11.6.